The molecule has 178 valence electrons. The Bertz CT molecular complexity index is 1240. The van der Waals surface area contributed by atoms with Crippen LogP contribution >= 0.6 is 11.3 Å². The average molecular weight is 499 g/mol. The Balaban J connectivity index is 1.82. The van der Waals surface area contributed by atoms with Crippen molar-refractivity contribution in [2.24, 2.45) is 0 Å². The van der Waals surface area contributed by atoms with Gasteiger partial charge in [0.05, 0.1) is 13.1 Å². The molecule has 1 heterocycles. The number of thiophene rings is 1. The van der Waals surface area contributed by atoms with Crippen molar-refractivity contribution in [3.63, 3.8) is 0 Å². The Labute approximate surface area is 204 Å². The molecule has 0 spiro atoms. The summed E-state index contributed by atoms with van der Waals surface area (Å²) in [7, 11) is -3.87. The van der Waals surface area contributed by atoms with Gasteiger partial charge in [0.2, 0.25) is 15.9 Å². The Morgan fingerprint density at radius 3 is 2.38 bits per heavy atom. The molecule has 0 saturated carbocycles. The molecule has 3 rings (SSSR count). The van der Waals surface area contributed by atoms with E-state index in [9.17, 15) is 17.6 Å². The van der Waals surface area contributed by atoms with E-state index in [4.69, 9.17) is 0 Å². The fraction of sp³-hybridized carbons (Fsp3) is 0.192. The van der Waals surface area contributed by atoms with Crippen LogP contribution in [0.3, 0.4) is 0 Å². The summed E-state index contributed by atoms with van der Waals surface area (Å²) in [5, 5.41) is 3.06. The minimum Gasteiger partial charge on any atom is -0.332 e. The van der Waals surface area contributed by atoms with Crippen LogP contribution in [0.15, 0.2) is 84.1 Å². The number of hydrogen-bond acceptors (Lipinski definition) is 4. The highest BCUT2D eigenvalue weighted by atomic mass is 32.2. The molecule has 0 fully saturated rings. The maximum absolute atomic E-state index is 13.4. The smallest absolute Gasteiger partial charge is 0.238 e. The number of amides is 1. The molecule has 5 nitrogen and oxygen atoms in total. The standard InChI is InChI=1S/C26H27FN2O3S2/c1-3-15-29(34(31,32)17-14-22-7-5-4-6-8-22)20-26(30)28(19-25-21(2)13-16-33-25)18-23-9-11-24(27)12-10-23/h3-14,16-17H,1,15,18-20H2,2H3/b17-14+. The highest BCUT2D eigenvalue weighted by Crippen LogP contribution is 2.20. The van der Waals surface area contributed by atoms with Crippen molar-refractivity contribution in [2.45, 2.75) is 20.0 Å². The Morgan fingerprint density at radius 1 is 1.06 bits per heavy atom. The Morgan fingerprint density at radius 2 is 1.76 bits per heavy atom. The zero-order valence-electron chi connectivity index (χ0n) is 18.9. The van der Waals surface area contributed by atoms with E-state index < -0.39 is 10.0 Å². The van der Waals surface area contributed by atoms with E-state index in [0.717, 1.165) is 31.3 Å². The molecule has 0 saturated heterocycles. The predicted molar refractivity (Wildman–Crippen MR) is 136 cm³/mol. The van der Waals surface area contributed by atoms with Crippen molar-refractivity contribution in [2.75, 3.05) is 13.1 Å². The molecular formula is C26H27FN2O3S2. The topological polar surface area (TPSA) is 57.7 Å². The Hall–Kier alpha value is -3.07. The van der Waals surface area contributed by atoms with Crippen LogP contribution < -0.4 is 0 Å². The van der Waals surface area contributed by atoms with E-state index in [0.29, 0.717) is 6.54 Å². The number of hydrogen-bond donors (Lipinski definition) is 0. The van der Waals surface area contributed by atoms with Gasteiger partial charge >= 0.3 is 0 Å². The molecule has 8 heteroatoms. The lowest BCUT2D eigenvalue weighted by atomic mass is 10.2. The molecule has 2 aromatic carbocycles. The molecule has 0 aliphatic rings. The largest absolute Gasteiger partial charge is 0.332 e. The van der Waals surface area contributed by atoms with Crippen LogP contribution in [0.5, 0.6) is 0 Å². The number of nitrogens with zero attached hydrogens (tertiary/aromatic N) is 2. The molecule has 0 radical (unpaired) electrons. The van der Waals surface area contributed by atoms with Crippen LogP contribution in [0, 0.1) is 12.7 Å². The lowest BCUT2D eigenvalue weighted by Crippen LogP contribution is -2.41. The van der Waals surface area contributed by atoms with Gasteiger partial charge in [-0.25, -0.2) is 12.8 Å². The first-order valence-corrected chi connectivity index (χ1v) is 13.1. The van der Waals surface area contributed by atoms with Crippen LogP contribution in [-0.4, -0.2) is 36.6 Å². The second-order valence-electron chi connectivity index (χ2n) is 7.74. The number of benzene rings is 2. The quantitative estimate of drug-likeness (QED) is 0.341. The van der Waals surface area contributed by atoms with Gasteiger partial charge in [0.25, 0.3) is 0 Å². The van der Waals surface area contributed by atoms with E-state index >= 15 is 0 Å². The van der Waals surface area contributed by atoms with Crippen LogP contribution in [0.25, 0.3) is 6.08 Å². The minimum absolute atomic E-state index is 0.00434. The summed E-state index contributed by atoms with van der Waals surface area (Å²) in [4.78, 5) is 16.0. The fourth-order valence-electron chi connectivity index (χ4n) is 3.25. The fourth-order valence-corrected chi connectivity index (χ4v) is 5.28. The highest BCUT2D eigenvalue weighted by Gasteiger charge is 2.25. The summed E-state index contributed by atoms with van der Waals surface area (Å²) in [6, 6.07) is 17.0. The van der Waals surface area contributed by atoms with E-state index in [1.807, 2.05) is 36.6 Å². The summed E-state index contributed by atoms with van der Waals surface area (Å²) < 4.78 is 40.5. The predicted octanol–water partition coefficient (Wildman–Crippen LogP) is 5.21. The summed E-state index contributed by atoms with van der Waals surface area (Å²) in [5.41, 5.74) is 2.55. The van der Waals surface area contributed by atoms with Crippen molar-refractivity contribution in [3.8, 4) is 0 Å². The lowest BCUT2D eigenvalue weighted by Gasteiger charge is -2.26. The van der Waals surface area contributed by atoms with Gasteiger partial charge in [-0.1, -0.05) is 48.5 Å². The van der Waals surface area contributed by atoms with Crippen molar-refractivity contribution in [1.29, 1.82) is 0 Å². The molecule has 0 N–H and O–H groups in total. The minimum atomic E-state index is -3.87. The third-order valence-corrected chi connectivity index (χ3v) is 7.66. The normalized spacial score (nSPS) is 11.7. The first kappa shape index (κ1) is 25.6. The molecular weight excluding hydrogens is 471 g/mol. The van der Waals surface area contributed by atoms with Crippen LogP contribution in [-0.2, 0) is 27.9 Å². The van der Waals surface area contributed by atoms with Gasteiger partial charge in [0.1, 0.15) is 5.82 Å². The number of sulfonamides is 1. The zero-order chi connectivity index (χ0) is 24.6. The van der Waals surface area contributed by atoms with E-state index in [1.165, 1.54) is 35.6 Å². The molecule has 0 unspecified atom stereocenters. The third kappa shape index (κ3) is 7.21. The summed E-state index contributed by atoms with van der Waals surface area (Å²) >= 11 is 1.54. The van der Waals surface area contributed by atoms with E-state index in [1.54, 1.807) is 29.2 Å². The number of rotatable bonds is 11. The van der Waals surface area contributed by atoms with Crippen molar-refractivity contribution >= 4 is 33.3 Å². The van der Waals surface area contributed by atoms with Gasteiger partial charge in [0.15, 0.2) is 0 Å². The number of aryl methyl sites for hydroxylation is 1. The maximum atomic E-state index is 13.4. The SMILES string of the molecule is C=CCN(CC(=O)N(Cc1ccc(F)cc1)Cc1sccc1C)S(=O)(=O)/C=C/c1ccccc1. The Kier molecular flexibility index (Phi) is 8.92. The highest BCUT2D eigenvalue weighted by molar-refractivity contribution is 7.92. The van der Waals surface area contributed by atoms with Gasteiger partial charge in [0, 0.05) is 23.4 Å². The first-order valence-electron chi connectivity index (χ1n) is 10.7. The molecule has 1 aromatic heterocycles. The monoisotopic (exact) mass is 498 g/mol. The molecule has 1 amide bonds. The van der Waals surface area contributed by atoms with Crippen molar-refractivity contribution in [3.05, 3.63) is 111 Å². The summed E-state index contributed by atoms with van der Waals surface area (Å²) in [5.74, 6) is -0.708. The molecule has 0 aliphatic carbocycles. The third-order valence-electron chi connectivity index (χ3n) is 5.18. The second kappa shape index (κ2) is 11.9. The molecule has 0 atom stereocenters. The van der Waals surface area contributed by atoms with Gasteiger partial charge in [-0.15, -0.1) is 17.9 Å². The van der Waals surface area contributed by atoms with E-state index in [2.05, 4.69) is 6.58 Å². The molecule has 3 aromatic rings. The lowest BCUT2D eigenvalue weighted by molar-refractivity contribution is -0.132. The van der Waals surface area contributed by atoms with E-state index in [-0.39, 0.29) is 31.4 Å². The first-order chi connectivity index (χ1) is 16.3. The summed E-state index contributed by atoms with van der Waals surface area (Å²) in [6.45, 7) is 5.84. The number of carbonyl (C=O) groups excluding carboxylic acids is 1. The zero-order valence-corrected chi connectivity index (χ0v) is 20.6. The van der Waals surface area contributed by atoms with Gasteiger partial charge in [-0.05, 0) is 53.3 Å². The molecule has 0 aliphatic heterocycles. The van der Waals surface area contributed by atoms with Gasteiger partial charge in [-0.3, -0.25) is 4.79 Å². The number of carbonyl (C=O) groups is 1. The molecule has 34 heavy (non-hydrogen) atoms. The van der Waals surface area contributed by atoms with Crippen molar-refractivity contribution in [1.82, 2.24) is 9.21 Å². The van der Waals surface area contributed by atoms with Crippen LogP contribution in [0.2, 0.25) is 0 Å². The summed E-state index contributed by atoms with van der Waals surface area (Å²) in [6.07, 6.45) is 2.95. The van der Waals surface area contributed by atoms with Gasteiger partial charge in [-0.2, -0.15) is 4.31 Å². The van der Waals surface area contributed by atoms with Crippen molar-refractivity contribution < 1.29 is 17.6 Å². The maximum Gasteiger partial charge on any atom is 0.238 e. The second-order valence-corrected chi connectivity index (χ2v) is 10.6. The van der Waals surface area contributed by atoms with Gasteiger partial charge < -0.3 is 4.90 Å². The molecule has 0 bridgehead atoms. The average Bonchev–Trinajstić information content (AvgIpc) is 3.23. The number of halogens is 1. The van der Waals surface area contributed by atoms with Crippen LogP contribution in [0.1, 0.15) is 21.6 Å². The van der Waals surface area contributed by atoms with Crippen LogP contribution in [0.4, 0.5) is 4.39 Å².